The SMILES string of the molecule is CCc1cc(COc2ccc(C(=O)O)nc2)n(CC)n1. The van der Waals surface area contributed by atoms with E-state index in [1.54, 1.807) is 6.07 Å². The van der Waals surface area contributed by atoms with Crippen molar-refractivity contribution in [2.24, 2.45) is 0 Å². The summed E-state index contributed by atoms with van der Waals surface area (Å²) in [5.74, 6) is -0.509. The molecule has 0 aromatic carbocycles. The predicted molar refractivity (Wildman–Crippen MR) is 72.8 cm³/mol. The van der Waals surface area contributed by atoms with Gasteiger partial charge in [0, 0.05) is 6.54 Å². The number of hydrogen-bond acceptors (Lipinski definition) is 4. The van der Waals surface area contributed by atoms with Crippen LogP contribution in [0.2, 0.25) is 0 Å². The lowest BCUT2D eigenvalue weighted by Gasteiger charge is -2.07. The number of aryl methyl sites for hydroxylation is 2. The highest BCUT2D eigenvalue weighted by Crippen LogP contribution is 2.13. The van der Waals surface area contributed by atoms with Gasteiger partial charge in [0.05, 0.1) is 17.6 Å². The normalized spacial score (nSPS) is 10.5. The summed E-state index contributed by atoms with van der Waals surface area (Å²) in [5.41, 5.74) is 2.03. The summed E-state index contributed by atoms with van der Waals surface area (Å²) in [6.45, 7) is 5.25. The van der Waals surface area contributed by atoms with Gasteiger partial charge in [0.25, 0.3) is 0 Å². The van der Waals surface area contributed by atoms with Gasteiger partial charge in [-0.05, 0) is 31.5 Å². The van der Waals surface area contributed by atoms with Crippen LogP contribution in [0.15, 0.2) is 24.4 Å². The fourth-order valence-electron chi connectivity index (χ4n) is 1.83. The molecule has 0 aliphatic carbocycles. The zero-order valence-corrected chi connectivity index (χ0v) is 11.5. The van der Waals surface area contributed by atoms with Crippen LogP contribution in [0, 0.1) is 0 Å². The second-order valence-electron chi connectivity index (χ2n) is 4.27. The number of aromatic carboxylic acids is 1. The highest BCUT2D eigenvalue weighted by Gasteiger charge is 2.08. The van der Waals surface area contributed by atoms with Crippen LogP contribution in [0.1, 0.15) is 35.7 Å². The van der Waals surface area contributed by atoms with E-state index in [1.807, 2.05) is 17.7 Å². The second kappa shape index (κ2) is 6.18. The Morgan fingerprint density at radius 3 is 2.75 bits per heavy atom. The molecule has 6 heteroatoms. The first kappa shape index (κ1) is 14.0. The van der Waals surface area contributed by atoms with E-state index in [0.717, 1.165) is 24.4 Å². The molecule has 106 valence electrons. The van der Waals surface area contributed by atoms with Gasteiger partial charge in [0.1, 0.15) is 18.1 Å². The van der Waals surface area contributed by atoms with Crippen LogP contribution in [0.25, 0.3) is 0 Å². The standard InChI is InChI=1S/C14H17N3O3/c1-3-10-7-11(17(4-2)16-10)9-20-12-5-6-13(14(18)19)15-8-12/h5-8H,3-4,9H2,1-2H3,(H,18,19). The van der Waals surface area contributed by atoms with Crippen LogP contribution in [-0.2, 0) is 19.6 Å². The number of hydrogen-bond donors (Lipinski definition) is 1. The van der Waals surface area contributed by atoms with Gasteiger partial charge in [-0.15, -0.1) is 0 Å². The molecule has 0 unspecified atom stereocenters. The van der Waals surface area contributed by atoms with E-state index >= 15 is 0 Å². The van der Waals surface area contributed by atoms with Crippen molar-refractivity contribution < 1.29 is 14.6 Å². The molecule has 0 fully saturated rings. The fraction of sp³-hybridized carbons (Fsp3) is 0.357. The van der Waals surface area contributed by atoms with Gasteiger partial charge >= 0.3 is 5.97 Å². The summed E-state index contributed by atoms with van der Waals surface area (Å²) >= 11 is 0. The number of carboxylic acids is 1. The average molecular weight is 275 g/mol. The summed E-state index contributed by atoms with van der Waals surface area (Å²) < 4.78 is 7.51. The molecule has 2 aromatic rings. The Morgan fingerprint density at radius 1 is 1.40 bits per heavy atom. The molecule has 0 amide bonds. The molecular weight excluding hydrogens is 258 g/mol. The number of rotatable bonds is 6. The van der Waals surface area contributed by atoms with E-state index in [1.165, 1.54) is 12.3 Å². The molecule has 0 spiro atoms. The van der Waals surface area contributed by atoms with Crippen LogP contribution in [0.4, 0.5) is 0 Å². The molecule has 2 rings (SSSR count). The van der Waals surface area contributed by atoms with E-state index in [0.29, 0.717) is 12.4 Å². The van der Waals surface area contributed by atoms with Crippen LogP contribution >= 0.6 is 0 Å². The van der Waals surface area contributed by atoms with Crippen LogP contribution in [0.5, 0.6) is 5.75 Å². The minimum atomic E-state index is -1.05. The van der Waals surface area contributed by atoms with Gasteiger partial charge in [-0.2, -0.15) is 5.10 Å². The van der Waals surface area contributed by atoms with Crippen molar-refractivity contribution in [3.8, 4) is 5.75 Å². The minimum Gasteiger partial charge on any atom is -0.486 e. The fourth-order valence-corrected chi connectivity index (χ4v) is 1.83. The van der Waals surface area contributed by atoms with Gasteiger partial charge in [-0.3, -0.25) is 4.68 Å². The number of nitrogens with zero attached hydrogens (tertiary/aromatic N) is 3. The summed E-state index contributed by atoms with van der Waals surface area (Å²) in [6.07, 6.45) is 2.30. The monoisotopic (exact) mass is 275 g/mol. The molecule has 0 bridgehead atoms. The maximum atomic E-state index is 10.7. The zero-order chi connectivity index (χ0) is 14.5. The lowest BCUT2D eigenvalue weighted by molar-refractivity contribution is 0.0690. The maximum Gasteiger partial charge on any atom is 0.354 e. The Kier molecular flexibility index (Phi) is 4.34. The Labute approximate surface area is 117 Å². The van der Waals surface area contributed by atoms with Gasteiger partial charge in [-0.25, -0.2) is 9.78 Å². The van der Waals surface area contributed by atoms with Crippen molar-refractivity contribution in [1.82, 2.24) is 14.8 Å². The zero-order valence-electron chi connectivity index (χ0n) is 11.5. The van der Waals surface area contributed by atoms with Crippen molar-refractivity contribution in [2.45, 2.75) is 33.4 Å². The third-order valence-electron chi connectivity index (χ3n) is 2.92. The Morgan fingerprint density at radius 2 is 2.20 bits per heavy atom. The highest BCUT2D eigenvalue weighted by molar-refractivity contribution is 5.85. The number of carboxylic acid groups (broad SMARTS) is 1. The lowest BCUT2D eigenvalue weighted by atomic mass is 10.3. The molecule has 0 aliphatic rings. The summed E-state index contributed by atoms with van der Waals surface area (Å²) in [4.78, 5) is 14.5. The van der Waals surface area contributed by atoms with Crippen LogP contribution in [0.3, 0.4) is 0 Å². The first-order valence-corrected chi connectivity index (χ1v) is 6.51. The lowest BCUT2D eigenvalue weighted by Crippen LogP contribution is -2.06. The molecular formula is C14H17N3O3. The maximum absolute atomic E-state index is 10.7. The van der Waals surface area contributed by atoms with Crippen molar-refractivity contribution in [3.63, 3.8) is 0 Å². The van der Waals surface area contributed by atoms with Crippen LogP contribution < -0.4 is 4.74 Å². The van der Waals surface area contributed by atoms with Crippen molar-refractivity contribution >= 4 is 5.97 Å². The highest BCUT2D eigenvalue weighted by atomic mass is 16.5. The Hall–Kier alpha value is -2.37. The Balaban J connectivity index is 2.04. The molecule has 20 heavy (non-hydrogen) atoms. The summed E-state index contributed by atoms with van der Waals surface area (Å²) in [7, 11) is 0. The van der Waals surface area contributed by atoms with E-state index < -0.39 is 5.97 Å². The molecule has 0 atom stereocenters. The molecule has 6 nitrogen and oxygen atoms in total. The first-order valence-electron chi connectivity index (χ1n) is 6.51. The minimum absolute atomic E-state index is 0.00391. The van der Waals surface area contributed by atoms with Crippen molar-refractivity contribution in [2.75, 3.05) is 0 Å². The van der Waals surface area contributed by atoms with Gasteiger partial charge in [0.2, 0.25) is 0 Å². The molecule has 0 saturated carbocycles. The molecule has 0 saturated heterocycles. The summed E-state index contributed by atoms with van der Waals surface area (Å²) in [5, 5.41) is 13.2. The van der Waals surface area contributed by atoms with Gasteiger partial charge in [-0.1, -0.05) is 6.92 Å². The molecule has 1 N–H and O–H groups in total. The third kappa shape index (κ3) is 3.14. The predicted octanol–water partition coefficient (Wildman–Crippen LogP) is 2.14. The number of aromatic nitrogens is 3. The topological polar surface area (TPSA) is 77.2 Å². The molecule has 0 aliphatic heterocycles. The smallest absolute Gasteiger partial charge is 0.354 e. The van der Waals surface area contributed by atoms with E-state index in [4.69, 9.17) is 9.84 Å². The molecule has 2 heterocycles. The van der Waals surface area contributed by atoms with E-state index in [-0.39, 0.29) is 5.69 Å². The van der Waals surface area contributed by atoms with E-state index in [9.17, 15) is 4.79 Å². The van der Waals surface area contributed by atoms with Crippen molar-refractivity contribution in [3.05, 3.63) is 41.5 Å². The largest absolute Gasteiger partial charge is 0.486 e. The number of carbonyl (C=O) groups is 1. The van der Waals surface area contributed by atoms with Gasteiger partial charge < -0.3 is 9.84 Å². The molecule has 2 aromatic heterocycles. The van der Waals surface area contributed by atoms with Gasteiger partial charge in [0.15, 0.2) is 0 Å². The Bertz CT molecular complexity index is 590. The number of ether oxygens (including phenoxy) is 1. The van der Waals surface area contributed by atoms with Crippen LogP contribution in [-0.4, -0.2) is 25.8 Å². The second-order valence-corrected chi connectivity index (χ2v) is 4.27. The average Bonchev–Trinajstić information content (AvgIpc) is 2.88. The van der Waals surface area contributed by atoms with Crippen molar-refractivity contribution in [1.29, 1.82) is 0 Å². The number of pyridine rings is 1. The quantitative estimate of drug-likeness (QED) is 0.874. The summed E-state index contributed by atoms with van der Waals surface area (Å²) in [6, 6.07) is 5.04. The molecule has 0 radical (unpaired) electrons. The van der Waals surface area contributed by atoms with E-state index in [2.05, 4.69) is 17.0 Å². The third-order valence-corrected chi connectivity index (χ3v) is 2.92. The first-order chi connectivity index (χ1) is 9.63.